The Labute approximate surface area is 213 Å². The number of fused-ring (bicyclic) bond motifs is 1. The van der Waals surface area contributed by atoms with Gasteiger partial charge < -0.3 is 9.80 Å². The lowest BCUT2D eigenvalue weighted by Gasteiger charge is -2.23. The van der Waals surface area contributed by atoms with E-state index in [0.717, 1.165) is 12.1 Å². The minimum Gasteiger partial charge on any atom is -0.329 e. The van der Waals surface area contributed by atoms with Gasteiger partial charge in [-0.3, -0.25) is 4.55 Å². The molecule has 0 bridgehead atoms. The average Bonchev–Trinajstić information content (AvgIpc) is 3.11. The third kappa shape index (κ3) is 6.39. The van der Waals surface area contributed by atoms with E-state index in [-0.39, 0.29) is 24.2 Å². The summed E-state index contributed by atoms with van der Waals surface area (Å²) in [6.07, 6.45) is -1.64. The number of hydrogen-bond acceptors (Lipinski definition) is 6. The van der Waals surface area contributed by atoms with E-state index in [9.17, 15) is 32.1 Å². The highest BCUT2D eigenvalue weighted by atomic mass is 32.2. The minimum atomic E-state index is -4.59. The van der Waals surface area contributed by atoms with Crippen molar-refractivity contribution in [2.24, 2.45) is 0 Å². The number of allylic oxidation sites excluding steroid dienone is 5. The summed E-state index contributed by atoms with van der Waals surface area (Å²) in [7, 11) is -2.64. The predicted molar refractivity (Wildman–Crippen MR) is 135 cm³/mol. The van der Waals surface area contributed by atoms with Crippen LogP contribution in [0.15, 0.2) is 77.7 Å². The fourth-order valence-corrected chi connectivity index (χ4v) is 4.53. The topological polar surface area (TPSA) is 108 Å². The van der Waals surface area contributed by atoms with E-state index in [2.05, 4.69) is 12.1 Å². The van der Waals surface area contributed by atoms with E-state index >= 15 is 0 Å². The highest BCUT2D eigenvalue weighted by molar-refractivity contribution is 7.85. The van der Waals surface area contributed by atoms with Crippen LogP contribution in [0.3, 0.4) is 0 Å². The summed E-state index contributed by atoms with van der Waals surface area (Å²) in [6, 6.07) is 16.2. The largest absolute Gasteiger partial charge is 0.416 e. The summed E-state index contributed by atoms with van der Waals surface area (Å²) in [4.78, 5) is 3.13. The molecular formula is C26H23F3N4O3S. The SMILES string of the molecule is C/C(C#N)=C(/C(C#N)=C/C=C1\N(C)c2ccc(C(F)(F)F)cc2N1CCCS(=O)(=O)O)c1ccccc1. The van der Waals surface area contributed by atoms with Gasteiger partial charge in [-0.15, -0.1) is 0 Å². The van der Waals surface area contributed by atoms with Gasteiger partial charge >= 0.3 is 6.18 Å². The lowest BCUT2D eigenvalue weighted by Crippen LogP contribution is -2.27. The highest BCUT2D eigenvalue weighted by Gasteiger charge is 2.35. The van der Waals surface area contributed by atoms with Crippen LogP contribution >= 0.6 is 0 Å². The van der Waals surface area contributed by atoms with Crippen LogP contribution in [0.4, 0.5) is 24.5 Å². The normalized spacial score (nSPS) is 15.8. The molecule has 0 unspecified atom stereocenters. The molecule has 1 aliphatic rings. The van der Waals surface area contributed by atoms with Gasteiger partial charge in [0.1, 0.15) is 5.82 Å². The molecule has 192 valence electrons. The summed E-state index contributed by atoms with van der Waals surface area (Å²) in [5.41, 5.74) is 1.32. The van der Waals surface area contributed by atoms with Crippen LogP contribution < -0.4 is 9.80 Å². The van der Waals surface area contributed by atoms with Gasteiger partial charge in [0, 0.05) is 24.7 Å². The fourth-order valence-electron chi connectivity index (χ4n) is 4.04. The van der Waals surface area contributed by atoms with Crippen LogP contribution in [0.25, 0.3) is 5.57 Å². The van der Waals surface area contributed by atoms with Gasteiger partial charge in [0.25, 0.3) is 10.1 Å². The molecule has 0 aromatic heterocycles. The molecule has 0 radical (unpaired) electrons. The standard InChI is InChI=1S/C26H23F3N4O3S/c1-18(16-30)25(19-7-4-3-5-8-19)20(17-31)9-12-24-32(2)22-11-10-21(26(27,28)29)15-23(22)33(24)13-6-14-37(34,35)36/h3-5,7-12,15H,6,13-14H2,1-2H3,(H,34,35,36)/b20-9+,24-12+,25-18-. The van der Waals surface area contributed by atoms with Crippen molar-refractivity contribution in [2.45, 2.75) is 19.5 Å². The Hall–Kier alpha value is -4.06. The smallest absolute Gasteiger partial charge is 0.329 e. The van der Waals surface area contributed by atoms with E-state index in [1.807, 2.05) is 0 Å². The number of rotatable bonds is 7. The quantitative estimate of drug-likeness (QED) is 0.286. The Balaban J connectivity index is 2.12. The van der Waals surface area contributed by atoms with E-state index in [1.165, 1.54) is 23.1 Å². The highest BCUT2D eigenvalue weighted by Crippen LogP contribution is 2.44. The van der Waals surface area contributed by atoms with Crippen molar-refractivity contribution in [3.05, 3.63) is 88.8 Å². The molecule has 0 saturated heterocycles. The third-order valence-corrected chi connectivity index (χ3v) is 6.56. The number of benzene rings is 2. The number of anilines is 2. The van der Waals surface area contributed by atoms with Gasteiger partial charge in [-0.1, -0.05) is 30.3 Å². The summed E-state index contributed by atoms with van der Waals surface area (Å²) >= 11 is 0. The molecule has 2 aromatic carbocycles. The van der Waals surface area contributed by atoms with E-state index in [1.54, 1.807) is 49.2 Å². The molecule has 0 saturated carbocycles. The molecule has 0 atom stereocenters. The first-order valence-corrected chi connectivity index (χ1v) is 12.6. The summed E-state index contributed by atoms with van der Waals surface area (Å²) < 4.78 is 71.8. The van der Waals surface area contributed by atoms with Crippen molar-refractivity contribution in [1.29, 1.82) is 10.5 Å². The van der Waals surface area contributed by atoms with Gasteiger partial charge in [-0.05, 0) is 49.3 Å². The lowest BCUT2D eigenvalue weighted by atomic mass is 9.94. The first kappa shape index (κ1) is 27.5. The maximum absolute atomic E-state index is 13.4. The molecule has 0 amide bonds. The van der Waals surface area contributed by atoms with E-state index in [4.69, 9.17) is 4.55 Å². The Morgan fingerprint density at radius 1 is 1.08 bits per heavy atom. The Bertz CT molecular complexity index is 1470. The summed E-state index contributed by atoms with van der Waals surface area (Å²) in [5, 5.41) is 19.4. The maximum Gasteiger partial charge on any atom is 0.416 e. The Morgan fingerprint density at radius 2 is 1.76 bits per heavy atom. The molecule has 7 nitrogen and oxygen atoms in total. The molecule has 1 N–H and O–H groups in total. The molecular weight excluding hydrogens is 505 g/mol. The van der Waals surface area contributed by atoms with Crippen LogP contribution in [0, 0.1) is 22.7 Å². The van der Waals surface area contributed by atoms with Crippen LogP contribution in [-0.4, -0.2) is 32.3 Å². The third-order valence-electron chi connectivity index (χ3n) is 5.75. The molecule has 0 spiro atoms. The van der Waals surface area contributed by atoms with Crippen LogP contribution in [0.1, 0.15) is 24.5 Å². The zero-order valence-corrected chi connectivity index (χ0v) is 20.8. The second kappa shape index (κ2) is 10.9. The van der Waals surface area contributed by atoms with Crippen molar-refractivity contribution in [3.8, 4) is 12.1 Å². The molecule has 0 aliphatic carbocycles. The summed E-state index contributed by atoms with van der Waals surface area (Å²) in [5.74, 6) is -0.185. The van der Waals surface area contributed by atoms with Gasteiger partial charge in [0.05, 0.1) is 40.4 Å². The van der Waals surface area contributed by atoms with Crippen molar-refractivity contribution in [2.75, 3.05) is 29.1 Å². The second-order valence-electron chi connectivity index (χ2n) is 8.25. The first-order valence-electron chi connectivity index (χ1n) is 11.0. The number of halogens is 3. The molecule has 3 rings (SSSR count). The van der Waals surface area contributed by atoms with Crippen molar-refractivity contribution < 1.29 is 26.1 Å². The number of nitrogens with zero attached hydrogens (tertiary/aromatic N) is 4. The van der Waals surface area contributed by atoms with E-state index in [0.29, 0.717) is 28.2 Å². The van der Waals surface area contributed by atoms with Crippen LogP contribution in [0.5, 0.6) is 0 Å². The Kier molecular flexibility index (Phi) is 8.12. The van der Waals surface area contributed by atoms with Crippen LogP contribution in [0.2, 0.25) is 0 Å². The zero-order valence-electron chi connectivity index (χ0n) is 20.0. The molecule has 1 heterocycles. The van der Waals surface area contributed by atoms with Gasteiger partial charge in [0.15, 0.2) is 0 Å². The predicted octanol–water partition coefficient (Wildman–Crippen LogP) is 5.53. The number of hydrogen-bond donors (Lipinski definition) is 1. The fraction of sp³-hybridized carbons (Fsp3) is 0.231. The van der Waals surface area contributed by atoms with Crippen molar-refractivity contribution in [3.63, 3.8) is 0 Å². The Morgan fingerprint density at radius 3 is 2.32 bits per heavy atom. The van der Waals surface area contributed by atoms with Gasteiger partial charge in [-0.25, -0.2) is 0 Å². The molecule has 37 heavy (non-hydrogen) atoms. The first-order chi connectivity index (χ1) is 17.4. The number of alkyl halides is 3. The average molecular weight is 529 g/mol. The minimum absolute atomic E-state index is 0.0153. The van der Waals surface area contributed by atoms with Crippen LogP contribution in [-0.2, 0) is 16.3 Å². The van der Waals surface area contributed by atoms with Gasteiger partial charge in [-0.2, -0.15) is 32.1 Å². The van der Waals surface area contributed by atoms with Gasteiger partial charge in [0.2, 0.25) is 0 Å². The maximum atomic E-state index is 13.4. The lowest BCUT2D eigenvalue weighted by molar-refractivity contribution is -0.137. The summed E-state index contributed by atoms with van der Waals surface area (Å²) in [6.45, 7) is 1.57. The van der Waals surface area contributed by atoms with Crippen molar-refractivity contribution in [1.82, 2.24) is 0 Å². The number of nitriles is 2. The molecule has 11 heteroatoms. The molecule has 0 fully saturated rings. The van der Waals surface area contributed by atoms with E-state index < -0.39 is 27.6 Å². The zero-order chi connectivity index (χ0) is 27.4. The monoisotopic (exact) mass is 528 g/mol. The molecule has 1 aliphatic heterocycles. The molecule has 2 aromatic rings. The van der Waals surface area contributed by atoms with Crippen molar-refractivity contribution >= 4 is 27.1 Å². The second-order valence-corrected chi connectivity index (χ2v) is 9.82.